The second-order valence-corrected chi connectivity index (χ2v) is 6.48. The number of piperidine rings is 1. The molecule has 1 aliphatic rings. The van der Waals surface area contributed by atoms with Gasteiger partial charge in [-0.2, -0.15) is 0 Å². The van der Waals surface area contributed by atoms with E-state index in [-0.39, 0.29) is 11.9 Å². The van der Waals surface area contributed by atoms with Crippen molar-refractivity contribution in [3.63, 3.8) is 0 Å². The number of rotatable bonds is 5. The average Bonchev–Trinajstić information content (AvgIpc) is 3.05. The number of carbonyl (C=O) groups is 1. The number of likely N-dealkylation sites (tertiary alicyclic amines) is 1. The van der Waals surface area contributed by atoms with Crippen LogP contribution in [0.3, 0.4) is 0 Å². The molecular formula is C18H25N5O2. The number of nitrogens with zero attached hydrogens (tertiary/aromatic N) is 4. The van der Waals surface area contributed by atoms with E-state index in [1.807, 2.05) is 24.8 Å². The zero-order chi connectivity index (χ0) is 17.8. The quantitative estimate of drug-likeness (QED) is 0.902. The summed E-state index contributed by atoms with van der Waals surface area (Å²) in [6.07, 6.45) is 5.24. The first kappa shape index (κ1) is 17.5. The average molecular weight is 343 g/mol. The third kappa shape index (κ3) is 4.04. The van der Waals surface area contributed by atoms with Gasteiger partial charge in [-0.1, -0.05) is 0 Å². The summed E-state index contributed by atoms with van der Waals surface area (Å²) in [5, 5.41) is 0. The van der Waals surface area contributed by atoms with E-state index in [0.717, 1.165) is 48.7 Å². The number of methoxy groups -OCH3 is 1. The third-order valence-corrected chi connectivity index (χ3v) is 4.49. The largest absolute Gasteiger partial charge is 0.384 e. The Morgan fingerprint density at radius 2 is 2.20 bits per heavy atom. The Morgan fingerprint density at radius 1 is 1.36 bits per heavy atom. The SMILES string of the molecule is COCCC(=O)N1CCCC[C@H]1c1cc(-c2ncc(C)[nH]2)nc(C)n1. The summed E-state index contributed by atoms with van der Waals surface area (Å²) in [7, 11) is 1.62. The molecule has 3 rings (SSSR count). The lowest BCUT2D eigenvalue weighted by atomic mass is 9.98. The fraction of sp³-hybridized carbons (Fsp3) is 0.556. The van der Waals surface area contributed by atoms with Crippen LogP contribution < -0.4 is 0 Å². The number of hydrogen-bond acceptors (Lipinski definition) is 5. The van der Waals surface area contributed by atoms with Crippen LogP contribution >= 0.6 is 0 Å². The van der Waals surface area contributed by atoms with Crippen LogP contribution in [-0.4, -0.2) is 51.0 Å². The maximum atomic E-state index is 12.6. The summed E-state index contributed by atoms with van der Waals surface area (Å²) in [5.41, 5.74) is 2.65. The van der Waals surface area contributed by atoms with Crippen molar-refractivity contribution in [3.8, 4) is 11.5 Å². The number of amides is 1. The number of H-pyrrole nitrogens is 1. The molecule has 1 saturated heterocycles. The number of aryl methyl sites for hydroxylation is 2. The smallest absolute Gasteiger partial charge is 0.225 e. The molecule has 0 spiro atoms. The number of aromatic nitrogens is 4. The van der Waals surface area contributed by atoms with E-state index in [1.165, 1.54) is 0 Å². The lowest BCUT2D eigenvalue weighted by Crippen LogP contribution is -2.39. The predicted molar refractivity (Wildman–Crippen MR) is 93.9 cm³/mol. The zero-order valence-electron chi connectivity index (χ0n) is 15.1. The Bertz CT molecular complexity index is 743. The van der Waals surface area contributed by atoms with Gasteiger partial charge in [-0.3, -0.25) is 4.79 Å². The monoisotopic (exact) mass is 343 g/mol. The van der Waals surface area contributed by atoms with Gasteiger partial charge in [-0.15, -0.1) is 0 Å². The second kappa shape index (κ2) is 7.74. The van der Waals surface area contributed by atoms with Gasteiger partial charge in [-0.25, -0.2) is 15.0 Å². The molecule has 1 aliphatic heterocycles. The first-order chi connectivity index (χ1) is 12.1. The molecule has 1 N–H and O–H groups in total. The fourth-order valence-electron chi connectivity index (χ4n) is 3.30. The lowest BCUT2D eigenvalue weighted by Gasteiger charge is -2.35. The van der Waals surface area contributed by atoms with Crippen LogP contribution in [0, 0.1) is 13.8 Å². The third-order valence-electron chi connectivity index (χ3n) is 4.49. The maximum absolute atomic E-state index is 12.6. The Labute approximate surface area is 147 Å². The minimum Gasteiger partial charge on any atom is -0.384 e. The molecule has 1 fully saturated rings. The molecule has 0 aromatic carbocycles. The number of aromatic amines is 1. The molecule has 1 amide bonds. The first-order valence-electron chi connectivity index (χ1n) is 8.74. The van der Waals surface area contributed by atoms with Crippen molar-refractivity contribution in [3.05, 3.63) is 29.5 Å². The minimum absolute atomic E-state index is 0.00499. The van der Waals surface area contributed by atoms with Crippen LogP contribution in [0.25, 0.3) is 11.5 Å². The van der Waals surface area contributed by atoms with Gasteiger partial charge < -0.3 is 14.6 Å². The molecule has 0 saturated carbocycles. The molecule has 134 valence electrons. The number of ether oxygens (including phenoxy) is 1. The van der Waals surface area contributed by atoms with Crippen LogP contribution in [0.1, 0.15) is 48.9 Å². The van der Waals surface area contributed by atoms with Crippen LogP contribution in [-0.2, 0) is 9.53 Å². The normalized spacial score (nSPS) is 17.7. The lowest BCUT2D eigenvalue weighted by molar-refractivity contribution is -0.136. The minimum atomic E-state index is -0.00499. The molecule has 7 heteroatoms. The second-order valence-electron chi connectivity index (χ2n) is 6.48. The highest BCUT2D eigenvalue weighted by atomic mass is 16.5. The summed E-state index contributed by atoms with van der Waals surface area (Å²) >= 11 is 0. The first-order valence-corrected chi connectivity index (χ1v) is 8.74. The van der Waals surface area contributed by atoms with Crippen molar-refractivity contribution in [2.24, 2.45) is 0 Å². The molecular weight excluding hydrogens is 318 g/mol. The van der Waals surface area contributed by atoms with Crippen molar-refractivity contribution in [1.82, 2.24) is 24.8 Å². The number of hydrogen-bond donors (Lipinski definition) is 1. The van der Waals surface area contributed by atoms with E-state index in [4.69, 9.17) is 4.74 Å². The van der Waals surface area contributed by atoms with E-state index in [2.05, 4.69) is 19.9 Å². The number of carbonyl (C=O) groups excluding carboxylic acids is 1. The van der Waals surface area contributed by atoms with E-state index in [9.17, 15) is 4.79 Å². The molecule has 0 radical (unpaired) electrons. The number of nitrogens with one attached hydrogen (secondary N) is 1. The summed E-state index contributed by atoms with van der Waals surface area (Å²) in [6.45, 7) is 5.05. The molecule has 2 aromatic heterocycles. The summed E-state index contributed by atoms with van der Waals surface area (Å²) < 4.78 is 5.06. The van der Waals surface area contributed by atoms with E-state index in [1.54, 1.807) is 13.3 Å². The summed E-state index contributed by atoms with van der Waals surface area (Å²) in [5.74, 6) is 1.55. The van der Waals surface area contributed by atoms with Gasteiger partial charge in [0.2, 0.25) is 5.91 Å². The van der Waals surface area contributed by atoms with Crippen LogP contribution in [0.4, 0.5) is 0 Å². The molecule has 0 aliphatic carbocycles. The molecule has 0 bridgehead atoms. The van der Waals surface area contributed by atoms with Crippen molar-refractivity contribution in [1.29, 1.82) is 0 Å². The van der Waals surface area contributed by atoms with Gasteiger partial charge in [0.05, 0.1) is 24.8 Å². The fourth-order valence-corrected chi connectivity index (χ4v) is 3.30. The predicted octanol–water partition coefficient (Wildman–Crippen LogP) is 2.57. The highest BCUT2D eigenvalue weighted by Gasteiger charge is 2.29. The van der Waals surface area contributed by atoms with Crippen LogP contribution in [0.15, 0.2) is 12.3 Å². The van der Waals surface area contributed by atoms with Gasteiger partial charge in [0.25, 0.3) is 0 Å². The number of imidazole rings is 1. The van der Waals surface area contributed by atoms with E-state index >= 15 is 0 Å². The molecule has 0 unspecified atom stereocenters. The van der Waals surface area contributed by atoms with E-state index < -0.39 is 0 Å². The molecule has 1 atom stereocenters. The van der Waals surface area contributed by atoms with Crippen molar-refractivity contribution < 1.29 is 9.53 Å². The zero-order valence-corrected chi connectivity index (χ0v) is 15.1. The molecule has 3 heterocycles. The Balaban J connectivity index is 1.90. The van der Waals surface area contributed by atoms with Crippen molar-refractivity contribution in [2.45, 2.75) is 45.6 Å². The van der Waals surface area contributed by atoms with Gasteiger partial charge in [0, 0.05) is 25.5 Å². The Hall–Kier alpha value is -2.28. The summed E-state index contributed by atoms with van der Waals surface area (Å²) in [4.78, 5) is 31.2. The highest BCUT2D eigenvalue weighted by Crippen LogP contribution is 2.31. The summed E-state index contributed by atoms with van der Waals surface area (Å²) in [6, 6.07) is 1.95. The topological polar surface area (TPSA) is 84.0 Å². The van der Waals surface area contributed by atoms with Crippen molar-refractivity contribution >= 4 is 5.91 Å². The molecule has 2 aromatic rings. The van der Waals surface area contributed by atoms with Gasteiger partial charge in [0.15, 0.2) is 5.82 Å². The van der Waals surface area contributed by atoms with Crippen LogP contribution in [0.5, 0.6) is 0 Å². The Morgan fingerprint density at radius 3 is 2.92 bits per heavy atom. The Kier molecular flexibility index (Phi) is 5.43. The molecule has 7 nitrogen and oxygen atoms in total. The highest BCUT2D eigenvalue weighted by molar-refractivity contribution is 5.77. The maximum Gasteiger partial charge on any atom is 0.225 e. The molecule has 25 heavy (non-hydrogen) atoms. The van der Waals surface area contributed by atoms with Gasteiger partial charge in [0.1, 0.15) is 11.5 Å². The van der Waals surface area contributed by atoms with Crippen molar-refractivity contribution in [2.75, 3.05) is 20.3 Å². The standard InChI is InChI=1S/C18H25N5O2/c1-12-11-19-18(20-12)15-10-14(21-13(2)22-15)16-6-4-5-8-23(16)17(24)7-9-25-3/h10-11,16H,4-9H2,1-3H3,(H,19,20)/t16-/m0/s1. The van der Waals surface area contributed by atoms with Crippen LogP contribution in [0.2, 0.25) is 0 Å². The van der Waals surface area contributed by atoms with Gasteiger partial charge in [-0.05, 0) is 39.2 Å². The van der Waals surface area contributed by atoms with Gasteiger partial charge >= 0.3 is 0 Å². The van der Waals surface area contributed by atoms with E-state index in [0.29, 0.717) is 18.9 Å².